The maximum Gasteiger partial charge on any atom is 0.258 e. The molecular weight excluding hydrogens is 382 g/mol. The number of imide groups is 1. The number of alkyl halides is 1. The number of carbonyl (C=O) groups excluding carboxylic acids is 2. The van der Waals surface area contributed by atoms with Crippen LogP contribution in [0.3, 0.4) is 0 Å². The van der Waals surface area contributed by atoms with Crippen LogP contribution in [0.5, 0.6) is 0 Å². The van der Waals surface area contributed by atoms with Gasteiger partial charge in [-0.15, -0.1) is 11.8 Å². The van der Waals surface area contributed by atoms with Crippen LogP contribution in [-0.4, -0.2) is 27.4 Å². The summed E-state index contributed by atoms with van der Waals surface area (Å²) in [5, 5.41) is 0. The van der Waals surface area contributed by atoms with Crippen LogP contribution in [0.4, 0.5) is 0 Å². The zero-order valence-corrected chi connectivity index (χ0v) is 14.1. The zero-order chi connectivity index (χ0) is 13.3. The molecule has 3 nitrogen and oxygen atoms in total. The fourth-order valence-electron chi connectivity index (χ4n) is 2.26. The standard InChI is InChI=1S/C12H15Br2NO2S/c1-2-3-4-5-6-15-11(16)7-8(12(15)17)10(14)18-9(7)13/h7,9H,2-6H2,1H3. The number of unbranched alkanes of at least 4 members (excludes halogenated alkanes) is 3. The average Bonchev–Trinajstić information content (AvgIpc) is 2.75. The van der Waals surface area contributed by atoms with Crippen LogP contribution in [0.25, 0.3) is 0 Å². The molecule has 2 atom stereocenters. The lowest BCUT2D eigenvalue weighted by molar-refractivity contribution is -0.138. The summed E-state index contributed by atoms with van der Waals surface area (Å²) in [6, 6.07) is 0. The number of halogens is 2. The Kier molecular flexibility index (Phi) is 4.94. The molecule has 0 aromatic heterocycles. The maximum atomic E-state index is 12.2. The van der Waals surface area contributed by atoms with Crippen molar-refractivity contribution in [1.82, 2.24) is 4.90 Å². The normalized spacial score (nSPS) is 27.4. The van der Waals surface area contributed by atoms with Crippen molar-refractivity contribution in [1.29, 1.82) is 0 Å². The lowest BCUT2D eigenvalue weighted by Gasteiger charge is -2.15. The summed E-state index contributed by atoms with van der Waals surface area (Å²) < 4.78 is 0.794. The predicted molar refractivity (Wildman–Crippen MR) is 80.6 cm³/mol. The lowest BCUT2D eigenvalue weighted by Crippen LogP contribution is -2.33. The summed E-state index contributed by atoms with van der Waals surface area (Å²) in [4.78, 5) is 25.8. The van der Waals surface area contributed by atoms with Gasteiger partial charge in [0.25, 0.3) is 5.91 Å². The van der Waals surface area contributed by atoms with Crippen LogP contribution in [0.2, 0.25) is 0 Å². The zero-order valence-electron chi connectivity index (χ0n) is 10.1. The van der Waals surface area contributed by atoms with E-state index in [2.05, 4.69) is 38.8 Å². The molecule has 0 aromatic rings. The molecule has 1 saturated heterocycles. The molecule has 0 radical (unpaired) electrons. The molecule has 1 fully saturated rings. The van der Waals surface area contributed by atoms with Crippen molar-refractivity contribution in [2.24, 2.45) is 5.92 Å². The van der Waals surface area contributed by atoms with E-state index < -0.39 is 0 Å². The van der Waals surface area contributed by atoms with Gasteiger partial charge in [-0.3, -0.25) is 14.5 Å². The molecule has 0 bridgehead atoms. The fourth-order valence-corrected chi connectivity index (χ4v) is 6.01. The van der Waals surface area contributed by atoms with Gasteiger partial charge >= 0.3 is 0 Å². The van der Waals surface area contributed by atoms with Gasteiger partial charge in [0.2, 0.25) is 5.91 Å². The Balaban J connectivity index is 2.04. The molecule has 2 aliphatic rings. The van der Waals surface area contributed by atoms with Crippen molar-refractivity contribution >= 4 is 55.4 Å². The average molecular weight is 397 g/mol. The van der Waals surface area contributed by atoms with Gasteiger partial charge in [0.1, 0.15) is 0 Å². The van der Waals surface area contributed by atoms with E-state index in [-0.39, 0.29) is 21.9 Å². The second kappa shape index (κ2) is 6.09. The van der Waals surface area contributed by atoms with E-state index in [1.807, 2.05) is 0 Å². The summed E-state index contributed by atoms with van der Waals surface area (Å²) in [5.74, 6) is -0.457. The molecule has 0 N–H and O–H groups in total. The Hall–Kier alpha value is 0.190. The smallest absolute Gasteiger partial charge is 0.258 e. The SMILES string of the molecule is CCCCCCN1C(=O)C2=C(Br)SC(Br)C2C1=O. The molecule has 2 aliphatic heterocycles. The molecular formula is C12H15Br2NO2S. The minimum Gasteiger partial charge on any atom is -0.278 e. The first kappa shape index (κ1) is 14.6. The first-order chi connectivity index (χ1) is 8.57. The van der Waals surface area contributed by atoms with Gasteiger partial charge in [0.15, 0.2) is 0 Å². The number of carbonyl (C=O) groups is 2. The molecule has 2 unspecified atom stereocenters. The van der Waals surface area contributed by atoms with E-state index >= 15 is 0 Å². The quantitative estimate of drug-likeness (QED) is 0.404. The first-order valence-electron chi connectivity index (χ1n) is 6.14. The highest BCUT2D eigenvalue weighted by Gasteiger charge is 2.51. The highest BCUT2D eigenvalue weighted by molar-refractivity contribution is 9.15. The van der Waals surface area contributed by atoms with E-state index in [1.54, 1.807) is 0 Å². The molecule has 2 rings (SSSR count). The summed E-state index contributed by atoms with van der Waals surface area (Å²) >= 11 is 8.35. The van der Waals surface area contributed by atoms with E-state index in [0.29, 0.717) is 12.1 Å². The van der Waals surface area contributed by atoms with Crippen molar-refractivity contribution < 1.29 is 9.59 Å². The summed E-state index contributed by atoms with van der Waals surface area (Å²) in [6.45, 7) is 2.70. The van der Waals surface area contributed by atoms with Crippen LogP contribution < -0.4 is 0 Å². The van der Waals surface area contributed by atoms with Crippen molar-refractivity contribution in [3.63, 3.8) is 0 Å². The molecule has 0 aromatic carbocycles. The van der Waals surface area contributed by atoms with Gasteiger partial charge in [-0.05, 0) is 22.4 Å². The van der Waals surface area contributed by atoms with Crippen LogP contribution in [-0.2, 0) is 9.59 Å². The van der Waals surface area contributed by atoms with Crippen molar-refractivity contribution in [3.8, 4) is 0 Å². The third-order valence-corrected chi connectivity index (χ3v) is 6.25. The third-order valence-electron chi connectivity index (χ3n) is 3.24. The van der Waals surface area contributed by atoms with E-state index in [1.165, 1.54) is 16.7 Å². The topological polar surface area (TPSA) is 37.4 Å². The first-order valence-corrected chi connectivity index (χ1v) is 8.72. The molecule has 0 saturated carbocycles. The second-order valence-electron chi connectivity index (χ2n) is 4.49. The van der Waals surface area contributed by atoms with Gasteiger partial charge in [-0.1, -0.05) is 42.1 Å². The molecule has 2 heterocycles. The Morgan fingerprint density at radius 2 is 2.00 bits per heavy atom. The van der Waals surface area contributed by atoms with Gasteiger partial charge in [-0.25, -0.2) is 0 Å². The van der Waals surface area contributed by atoms with Gasteiger partial charge < -0.3 is 0 Å². The minimum atomic E-state index is -0.303. The molecule has 100 valence electrons. The van der Waals surface area contributed by atoms with Crippen molar-refractivity contribution in [3.05, 3.63) is 9.39 Å². The molecule has 6 heteroatoms. The van der Waals surface area contributed by atoms with E-state index in [0.717, 1.165) is 29.5 Å². The van der Waals surface area contributed by atoms with Crippen LogP contribution >= 0.6 is 43.6 Å². The summed E-state index contributed by atoms with van der Waals surface area (Å²) in [5.41, 5.74) is 0.641. The van der Waals surface area contributed by atoms with Crippen LogP contribution in [0.15, 0.2) is 9.39 Å². The van der Waals surface area contributed by atoms with Gasteiger partial charge in [0.05, 0.1) is 19.5 Å². The maximum absolute atomic E-state index is 12.2. The number of hydrogen-bond donors (Lipinski definition) is 0. The van der Waals surface area contributed by atoms with Crippen LogP contribution in [0.1, 0.15) is 32.6 Å². The molecule has 0 spiro atoms. The fraction of sp³-hybridized carbons (Fsp3) is 0.667. The van der Waals surface area contributed by atoms with Crippen LogP contribution in [0, 0.1) is 5.92 Å². The summed E-state index contributed by atoms with van der Waals surface area (Å²) in [6.07, 6.45) is 4.29. The predicted octanol–water partition coefficient (Wildman–Crippen LogP) is 3.63. The summed E-state index contributed by atoms with van der Waals surface area (Å²) in [7, 11) is 0. The number of rotatable bonds is 5. The third kappa shape index (κ3) is 2.56. The van der Waals surface area contributed by atoms with E-state index in [9.17, 15) is 9.59 Å². The Morgan fingerprint density at radius 1 is 1.28 bits per heavy atom. The number of likely N-dealkylation sites (tertiary alicyclic amines) is 1. The largest absolute Gasteiger partial charge is 0.278 e. The van der Waals surface area contributed by atoms with E-state index in [4.69, 9.17) is 0 Å². The highest BCUT2D eigenvalue weighted by Crippen LogP contribution is 2.51. The lowest BCUT2D eigenvalue weighted by atomic mass is 10.1. The number of thioether (sulfide) groups is 1. The van der Waals surface area contributed by atoms with Gasteiger partial charge in [0, 0.05) is 6.54 Å². The molecule has 2 amide bonds. The molecule has 0 aliphatic carbocycles. The minimum absolute atomic E-state index is 0.0148. The number of nitrogens with zero attached hydrogens (tertiary/aromatic N) is 1. The number of amides is 2. The van der Waals surface area contributed by atoms with Gasteiger partial charge in [-0.2, -0.15) is 0 Å². The molecule has 18 heavy (non-hydrogen) atoms. The van der Waals surface area contributed by atoms with Crippen molar-refractivity contribution in [2.45, 2.75) is 36.8 Å². The Bertz CT molecular complexity index is 411. The Labute approximate surface area is 128 Å². The highest BCUT2D eigenvalue weighted by atomic mass is 79.9. The second-order valence-corrected chi connectivity index (χ2v) is 8.55. The Morgan fingerprint density at radius 3 is 2.61 bits per heavy atom. The number of hydrogen-bond acceptors (Lipinski definition) is 3. The van der Waals surface area contributed by atoms with Crippen molar-refractivity contribution in [2.75, 3.05) is 6.54 Å². The number of fused-ring (bicyclic) bond motifs is 1. The monoisotopic (exact) mass is 395 g/mol.